The van der Waals surface area contributed by atoms with E-state index >= 15 is 0 Å². The van der Waals surface area contributed by atoms with Crippen LogP contribution in [0.5, 0.6) is 11.5 Å². The quantitative estimate of drug-likeness (QED) is 0.114. The number of benzene rings is 3. The van der Waals surface area contributed by atoms with Gasteiger partial charge in [-0.05, 0) is 87.2 Å². The van der Waals surface area contributed by atoms with E-state index in [0.717, 1.165) is 69.4 Å². The number of aryl methyl sites for hydroxylation is 3. The predicted octanol–water partition coefficient (Wildman–Crippen LogP) is 10.5. The van der Waals surface area contributed by atoms with Gasteiger partial charge in [-0.2, -0.15) is 16.7 Å². The SMILES string of the molecule is CCCCc1c(C2C(C)=CCC[C@@H]2C)c(C)nn1-c1[c-]c(Oc2[c-]c3c(cc2)c2ccccc2n3-c2cc(C)ccn2)cc(C)c1.[Pt+2]. The third kappa shape index (κ3) is 6.23. The number of hydrogen-bond acceptors (Lipinski definition) is 3. The molecule has 3 aromatic heterocycles. The van der Waals surface area contributed by atoms with Crippen LogP contribution >= 0.6 is 0 Å². The third-order valence-corrected chi connectivity index (χ3v) is 9.54. The van der Waals surface area contributed by atoms with Crippen LogP contribution in [-0.4, -0.2) is 19.3 Å². The van der Waals surface area contributed by atoms with Gasteiger partial charge in [0.1, 0.15) is 5.82 Å². The van der Waals surface area contributed by atoms with Gasteiger partial charge in [-0.1, -0.05) is 62.6 Å². The molecule has 0 spiro atoms. The molecule has 6 aromatic rings. The average Bonchev–Trinajstić information content (AvgIpc) is 3.53. The molecule has 242 valence electrons. The second kappa shape index (κ2) is 13.6. The van der Waals surface area contributed by atoms with Crippen molar-refractivity contribution >= 4 is 21.8 Å². The molecule has 1 aliphatic carbocycles. The Morgan fingerprint density at radius 1 is 0.915 bits per heavy atom. The Hall–Kier alpha value is -3.95. The van der Waals surface area contributed by atoms with E-state index in [1.165, 1.54) is 29.7 Å². The van der Waals surface area contributed by atoms with Crippen molar-refractivity contribution in [3.05, 3.63) is 119 Å². The summed E-state index contributed by atoms with van der Waals surface area (Å²) in [7, 11) is 0. The van der Waals surface area contributed by atoms with E-state index in [2.05, 4.69) is 111 Å². The van der Waals surface area contributed by atoms with Crippen molar-refractivity contribution in [3.63, 3.8) is 0 Å². The molecule has 2 atom stereocenters. The molecule has 3 aromatic carbocycles. The number of hydrogen-bond donors (Lipinski definition) is 0. The first-order valence-corrected chi connectivity index (χ1v) is 16.7. The summed E-state index contributed by atoms with van der Waals surface area (Å²) < 4.78 is 10.9. The zero-order valence-electron chi connectivity index (χ0n) is 28.1. The molecule has 6 heteroatoms. The van der Waals surface area contributed by atoms with Gasteiger partial charge in [0, 0.05) is 40.4 Å². The van der Waals surface area contributed by atoms with Gasteiger partial charge in [0.2, 0.25) is 0 Å². The molecule has 47 heavy (non-hydrogen) atoms. The first kappa shape index (κ1) is 33.0. The number of allylic oxidation sites excluding steroid dienone is 2. The van der Waals surface area contributed by atoms with Gasteiger partial charge >= 0.3 is 21.1 Å². The Morgan fingerprint density at radius 2 is 1.74 bits per heavy atom. The number of ether oxygens (including phenoxy) is 1. The van der Waals surface area contributed by atoms with Crippen LogP contribution in [0.4, 0.5) is 0 Å². The van der Waals surface area contributed by atoms with Crippen molar-refractivity contribution in [2.24, 2.45) is 5.92 Å². The van der Waals surface area contributed by atoms with Crippen LogP contribution in [-0.2, 0) is 27.5 Å². The average molecular weight is 802 g/mol. The zero-order chi connectivity index (χ0) is 31.9. The number of rotatable bonds is 8. The van der Waals surface area contributed by atoms with Crippen LogP contribution in [0.15, 0.2) is 78.5 Å². The maximum atomic E-state index is 6.55. The number of unbranched alkanes of at least 4 members (excludes halogenated alkanes) is 1. The van der Waals surface area contributed by atoms with Crippen molar-refractivity contribution in [1.29, 1.82) is 0 Å². The molecule has 1 unspecified atom stereocenters. The van der Waals surface area contributed by atoms with Crippen LogP contribution in [0, 0.1) is 38.8 Å². The van der Waals surface area contributed by atoms with Crippen LogP contribution in [0.3, 0.4) is 0 Å². The van der Waals surface area contributed by atoms with Crippen molar-refractivity contribution in [2.75, 3.05) is 0 Å². The maximum absolute atomic E-state index is 6.55. The minimum absolute atomic E-state index is 0. The van der Waals surface area contributed by atoms with Crippen LogP contribution in [0.2, 0.25) is 0 Å². The van der Waals surface area contributed by atoms with E-state index in [9.17, 15) is 0 Å². The summed E-state index contributed by atoms with van der Waals surface area (Å²) in [4.78, 5) is 4.72. The largest absolute Gasteiger partial charge is 2.00 e. The van der Waals surface area contributed by atoms with Crippen LogP contribution in [0.1, 0.15) is 80.5 Å². The van der Waals surface area contributed by atoms with E-state index in [1.54, 1.807) is 0 Å². The molecule has 7 rings (SSSR count). The summed E-state index contributed by atoms with van der Waals surface area (Å²) in [5.74, 6) is 3.16. The monoisotopic (exact) mass is 801 g/mol. The molecule has 0 saturated carbocycles. The summed E-state index contributed by atoms with van der Waals surface area (Å²) in [5, 5.41) is 7.44. The Morgan fingerprint density at radius 3 is 2.53 bits per heavy atom. The fourth-order valence-electron chi connectivity index (χ4n) is 7.37. The Balaban J connectivity index is 0.00000386. The summed E-state index contributed by atoms with van der Waals surface area (Å²) in [6.45, 7) is 13.3. The molecular formula is C41H42N4OPt. The van der Waals surface area contributed by atoms with Gasteiger partial charge in [0.05, 0.1) is 5.69 Å². The van der Waals surface area contributed by atoms with Gasteiger partial charge in [-0.15, -0.1) is 35.7 Å². The third-order valence-electron chi connectivity index (χ3n) is 9.54. The fraction of sp³-hybridized carbons (Fsp3) is 0.317. The summed E-state index contributed by atoms with van der Waals surface area (Å²) in [6, 6.07) is 28.1. The summed E-state index contributed by atoms with van der Waals surface area (Å²) >= 11 is 0. The first-order valence-electron chi connectivity index (χ1n) is 16.7. The molecule has 0 saturated heterocycles. The minimum Gasteiger partial charge on any atom is -0.509 e. The molecule has 5 nitrogen and oxygen atoms in total. The predicted molar refractivity (Wildman–Crippen MR) is 188 cm³/mol. The normalized spacial score (nSPS) is 16.3. The Kier molecular flexibility index (Phi) is 9.57. The van der Waals surface area contributed by atoms with Gasteiger partial charge in [0.15, 0.2) is 0 Å². The molecule has 0 bridgehead atoms. The standard InChI is InChI=1S/C41H42N4O.Pt/c1-7-8-15-37-41(40-28(4)12-11-13-29(40)5)30(6)43-45(37)31-21-27(3)22-33(24-31)46-32-17-18-35-34-14-9-10-16-36(34)44(38(35)25-32)39-23-26(2)19-20-42-39;/h9-10,12,14,16-23,29,40H,7-8,11,13,15H2,1-6H3;/q-2;+2/t29-,40?;/m0./s1. The molecule has 0 N–H and O–H groups in total. The van der Waals surface area contributed by atoms with E-state index in [1.807, 2.05) is 24.4 Å². The molecule has 3 heterocycles. The zero-order valence-corrected chi connectivity index (χ0v) is 30.4. The van der Waals surface area contributed by atoms with Crippen molar-refractivity contribution in [1.82, 2.24) is 19.3 Å². The number of aromatic nitrogens is 4. The van der Waals surface area contributed by atoms with E-state index < -0.39 is 0 Å². The number of nitrogens with zero attached hydrogens (tertiary/aromatic N) is 4. The molecule has 0 fully saturated rings. The van der Waals surface area contributed by atoms with Crippen LogP contribution < -0.4 is 4.74 Å². The van der Waals surface area contributed by atoms with Crippen molar-refractivity contribution < 1.29 is 25.8 Å². The van der Waals surface area contributed by atoms with Crippen LogP contribution in [0.25, 0.3) is 33.3 Å². The molecule has 0 aliphatic heterocycles. The van der Waals surface area contributed by atoms with E-state index in [-0.39, 0.29) is 21.1 Å². The van der Waals surface area contributed by atoms with Gasteiger partial charge < -0.3 is 9.30 Å². The van der Waals surface area contributed by atoms with Gasteiger partial charge in [-0.3, -0.25) is 4.68 Å². The summed E-state index contributed by atoms with van der Waals surface area (Å²) in [6.07, 6.45) is 9.92. The fourth-order valence-corrected chi connectivity index (χ4v) is 7.37. The second-order valence-corrected chi connectivity index (χ2v) is 13.1. The van der Waals surface area contributed by atoms with E-state index in [4.69, 9.17) is 14.8 Å². The molecule has 0 radical (unpaired) electrons. The topological polar surface area (TPSA) is 44.9 Å². The van der Waals surface area contributed by atoms with Gasteiger partial charge in [0.25, 0.3) is 0 Å². The summed E-state index contributed by atoms with van der Waals surface area (Å²) in [5.41, 5.74) is 10.5. The molecule has 1 aliphatic rings. The van der Waals surface area contributed by atoms with Crippen molar-refractivity contribution in [2.45, 2.75) is 79.6 Å². The molecular weight excluding hydrogens is 760 g/mol. The van der Waals surface area contributed by atoms with E-state index in [0.29, 0.717) is 23.3 Å². The smallest absolute Gasteiger partial charge is 0.509 e. The molecule has 0 amide bonds. The first-order chi connectivity index (χ1) is 22.3. The second-order valence-electron chi connectivity index (χ2n) is 13.1. The maximum Gasteiger partial charge on any atom is 2.00 e. The van der Waals surface area contributed by atoms with Gasteiger partial charge in [-0.25, -0.2) is 4.98 Å². The Labute approximate surface area is 292 Å². The number of para-hydroxylation sites is 1. The number of pyridine rings is 1. The Bertz CT molecular complexity index is 2100. The van der Waals surface area contributed by atoms with Crippen molar-refractivity contribution in [3.8, 4) is 23.0 Å². The minimum atomic E-state index is 0. The number of fused-ring (bicyclic) bond motifs is 3.